The molecule has 0 aromatic heterocycles. The second-order valence-corrected chi connectivity index (χ2v) is 5.89. The van der Waals surface area contributed by atoms with E-state index >= 15 is 0 Å². The summed E-state index contributed by atoms with van der Waals surface area (Å²) in [7, 11) is 1.77. The van der Waals surface area contributed by atoms with E-state index in [-0.39, 0.29) is 5.91 Å². The molecule has 0 unspecified atom stereocenters. The van der Waals surface area contributed by atoms with Crippen molar-refractivity contribution in [1.82, 2.24) is 10.6 Å². The first kappa shape index (κ1) is 16.3. The lowest BCUT2D eigenvalue weighted by atomic mass is 10.1. The predicted octanol–water partition coefficient (Wildman–Crippen LogP) is 2.28. The second-order valence-electron chi connectivity index (χ2n) is 5.89. The van der Waals surface area contributed by atoms with E-state index in [0.29, 0.717) is 19.0 Å². The van der Waals surface area contributed by atoms with Gasteiger partial charge in [0.15, 0.2) is 5.96 Å². The van der Waals surface area contributed by atoms with Gasteiger partial charge in [0.2, 0.25) is 5.91 Å². The topological polar surface area (TPSA) is 56.7 Å². The summed E-state index contributed by atoms with van der Waals surface area (Å²) >= 11 is 0. The lowest BCUT2D eigenvalue weighted by Gasteiger charge is -2.26. The van der Waals surface area contributed by atoms with E-state index in [1.54, 1.807) is 7.05 Å². The molecule has 2 rings (SSSR count). The molecule has 5 nitrogen and oxygen atoms in total. The third-order valence-corrected chi connectivity index (χ3v) is 3.68. The Kier molecular flexibility index (Phi) is 5.81. The number of carbonyl (C=O) groups is 1. The molecular formula is C17H26N4O. The Labute approximate surface area is 132 Å². The molecule has 0 aliphatic carbocycles. The first-order valence-electron chi connectivity index (χ1n) is 7.96. The number of piperidine rings is 1. The summed E-state index contributed by atoms with van der Waals surface area (Å²) in [4.78, 5) is 18.0. The van der Waals surface area contributed by atoms with Gasteiger partial charge in [0.05, 0.1) is 0 Å². The van der Waals surface area contributed by atoms with E-state index in [0.717, 1.165) is 31.0 Å². The Morgan fingerprint density at radius 1 is 1.27 bits per heavy atom. The number of rotatable bonds is 4. The fraction of sp³-hybridized carbons (Fsp3) is 0.529. The number of benzene rings is 1. The summed E-state index contributed by atoms with van der Waals surface area (Å²) in [5.41, 5.74) is 2.16. The highest BCUT2D eigenvalue weighted by Crippen LogP contribution is 2.21. The molecule has 1 aliphatic rings. The van der Waals surface area contributed by atoms with Crippen LogP contribution in [-0.4, -0.2) is 31.5 Å². The van der Waals surface area contributed by atoms with Crippen molar-refractivity contribution in [3.8, 4) is 0 Å². The van der Waals surface area contributed by atoms with Crippen molar-refractivity contribution >= 4 is 17.6 Å². The molecule has 22 heavy (non-hydrogen) atoms. The van der Waals surface area contributed by atoms with Crippen molar-refractivity contribution in [2.45, 2.75) is 45.7 Å². The third-order valence-electron chi connectivity index (χ3n) is 3.68. The Morgan fingerprint density at radius 3 is 2.59 bits per heavy atom. The van der Waals surface area contributed by atoms with Gasteiger partial charge in [0, 0.05) is 38.3 Å². The number of anilines is 1. The standard InChI is InChI=1S/C17H26N4O/c1-13(2)20-17(18-3)19-12-14-7-9-15(10-8-14)21-11-5-4-6-16(21)22/h7-10,13H,4-6,11-12H2,1-3H3,(H2,18,19,20). The minimum Gasteiger partial charge on any atom is -0.354 e. The molecule has 1 amide bonds. The molecule has 120 valence electrons. The Balaban J connectivity index is 1.93. The monoisotopic (exact) mass is 302 g/mol. The van der Waals surface area contributed by atoms with Crippen LogP contribution in [0.15, 0.2) is 29.3 Å². The van der Waals surface area contributed by atoms with Gasteiger partial charge >= 0.3 is 0 Å². The highest BCUT2D eigenvalue weighted by Gasteiger charge is 2.19. The van der Waals surface area contributed by atoms with E-state index in [1.165, 1.54) is 5.56 Å². The van der Waals surface area contributed by atoms with Crippen molar-refractivity contribution < 1.29 is 4.79 Å². The van der Waals surface area contributed by atoms with Crippen LogP contribution in [0.5, 0.6) is 0 Å². The lowest BCUT2D eigenvalue weighted by molar-refractivity contribution is -0.119. The average molecular weight is 302 g/mol. The summed E-state index contributed by atoms with van der Waals surface area (Å²) in [5, 5.41) is 6.54. The van der Waals surface area contributed by atoms with Crippen molar-refractivity contribution in [3.63, 3.8) is 0 Å². The lowest BCUT2D eigenvalue weighted by Crippen LogP contribution is -2.40. The Morgan fingerprint density at radius 2 is 2.00 bits per heavy atom. The molecule has 0 atom stereocenters. The largest absolute Gasteiger partial charge is 0.354 e. The Bertz CT molecular complexity index is 522. The minimum atomic E-state index is 0.235. The highest BCUT2D eigenvalue weighted by molar-refractivity contribution is 5.93. The molecule has 5 heteroatoms. The SMILES string of the molecule is CN=C(NCc1ccc(N2CCCCC2=O)cc1)NC(C)C. The number of guanidine groups is 1. The van der Waals surface area contributed by atoms with Gasteiger partial charge in [-0.3, -0.25) is 9.79 Å². The summed E-state index contributed by atoms with van der Waals surface area (Å²) in [6, 6.07) is 8.52. The average Bonchev–Trinajstić information content (AvgIpc) is 2.52. The Hall–Kier alpha value is -2.04. The van der Waals surface area contributed by atoms with E-state index in [1.807, 2.05) is 17.0 Å². The van der Waals surface area contributed by atoms with Crippen LogP contribution in [0.25, 0.3) is 0 Å². The van der Waals surface area contributed by atoms with E-state index < -0.39 is 0 Å². The van der Waals surface area contributed by atoms with Crippen molar-refractivity contribution in [3.05, 3.63) is 29.8 Å². The van der Waals surface area contributed by atoms with Crippen LogP contribution in [0.4, 0.5) is 5.69 Å². The first-order chi connectivity index (χ1) is 10.6. The van der Waals surface area contributed by atoms with Gasteiger partial charge in [-0.25, -0.2) is 0 Å². The number of nitrogens with zero attached hydrogens (tertiary/aromatic N) is 2. The molecule has 1 aromatic carbocycles. The van der Waals surface area contributed by atoms with Crippen LogP contribution < -0.4 is 15.5 Å². The number of hydrogen-bond acceptors (Lipinski definition) is 2. The molecule has 2 N–H and O–H groups in total. The van der Waals surface area contributed by atoms with Crippen LogP contribution in [0.2, 0.25) is 0 Å². The quantitative estimate of drug-likeness (QED) is 0.663. The predicted molar refractivity (Wildman–Crippen MR) is 91.1 cm³/mol. The number of carbonyl (C=O) groups excluding carboxylic acids is 1. The van der Waals surface area contributed by atoms with Crippen LogP contribution in [0.1, 0.15) is 38.7 Å². The first-order valence-corrected chi connectivity index (χ1v) is 7.96. The van der Waals surface area contributed by atoms with Gasteiger partial charge in [0.1, 0.15) is 0 Å². The smallest absolute Gasteiger partial charge is 0.226 e. The van der Waals surface area contributed by atoms with E-state index in [2.05, 4.69) is 41.6 Å². The van der Waals surface area contributed by atoms with E-state index in [9.17, 15) is 4.79 Å². The zero-order valence-corrected chi connectivity index (χ0v) is 13.7. The van der Waals surface area contributed by atoms with Gasteiger partial charge in [-0.15, -0.1) is 0 Å². The van der Waals surface area contributed by atoms with Crippen molar-refractivity contribution in [1.29, 1.82) is 0 Å². The minimum absolute atomic E-state index is 0.235. The molecule has 0 radical (unpaired) electrons. The molecule has 1 aliphatic heterocycles. The van der Waals surface area contributed by atoms with Crippen LogP contribution >= 0.6 is 0 Å². The van der Waals surface area contributed by atoms with Crippen LogP contribution in [0.3, 0.4) is 0 Å². The van der Waals surface area contributed by atoms with Gasteiger partial charge in [0.25, 0.3) is 0 Å². The van der Waals surface area contributed by atoms with Crippen molar-refractivity contribution in [2.75, 3.05) is 18.5 Å². The van der Waals surface area contributed by atoms with Crippen molar-refractivity contribution in [2.24, 2.45) is 4.99 Å². The molecule has 0 saturated carbocycles. The molecule has 0 spiro atoms. The summed E-state index contributed by atoms with van der Waals surface area (Å²) in [6.45, 7) is 5.70. The second kappa shape index (κ2) is 7.82. The molecule has 1 aromatic rings. The maximum absolute atomic E-state index is 11.9. The summed E-state index contributed by atoms with van der Waals surface area (Å²) in [5.74, 6) is 1.03. The maximum Gasteiger partial charge on any atom is 0.226 e. The normalized spacial score (nSPS) is 16.1. The number of nitrogens with one attached hydrogen (secondary N) is 2. The van der Waals surface area contributed by atoms with E-state index in [4.69, 9.17) is 0 Å². The summed E-state index contributed by atoms with van der Waals surface area (Å²) in [6.07, 6.45) is 2.77. The number of amides is 1. The number of hydrogen-bond donors (Lipinski definition) is 2. The zero-order chi connectivity index (χ0) is 15.9. The molecule has 1 saturated heterocycles. The van der Waals surface area contributed by atoms with Crippen LogP contribution in [0, 0.1) is 0 Å². The molecule has 1 heterocycles. The molecule has 0 bridgehead atoms. The molecule has 1 fully saturated rings. The van der Waals surface area contributed by atoms with Crippen LogP contribution in [-0.2, 0) is 11.3 Å². The van der Waals surface area contributed by atoms with Gasteiger partial charge in [-0.2, -0.15) is 0 Å². The fourth-order valence-corrected chi connectivity index (χ4v) is 2.53. The zero-order valence-electron chi connectivity index (χ0n) is 13.7. The number of aliphatic imine (C=N–C) groups is 1. The highest BCUT2D eigenvalue weighted by atomic mass is 16.2. The van der Waals surface area contributed by atoms with Gasteiger partial charge in [-0.1, -0.05) is 12.1 Å². The third kappa shape index (κ3) is 4.48. The van der Waals surface area contributed by atoms with Gasteiger partial charge < -0.3 is 15.5 Å². The fourth-order valence-electron chi connectivity index (χ4n) is 2.53. The van der Waals surface area contributed by atoms with Gasteiger partial charge in [-0.05, 0) is 44.4 Å². The summed E-state index contributed by atoms with van der Waals surface area (Å²) < 4.78 is 0. The maximum atomic E-state index is 11.9. The molecular weight excluding hydrogens is 276 g/mol.